The van der Waals surface area contributed by atoms with Gasteiger partial charge in [0.1, 0.15) is 0 Å². The third-order valence-corrected chi connectivity index (χ3v) is 9.30. The van der Waals surface area contributed by atoms with Crippen LogP contribution >= 0.6 is 0 Å². The molecule has 4 fully saturated rings. The summed E-state index contributed by atoms with van der Waals surface area (Å²) >= 11 is 0. The molecule has 1 aromatic heterocycles. The minimum atomic E-state index is -1.20. The molecular formula is C26H36N4O4. The molecule has 0 aromatic carbocycles. The van der Waals surface area contributed by atoms with Crippen molar-refractivity contribution in [3.8, 4) is 0 Å². The van der Waals surface area contributed by atoms with Gasteiger partial charge in [0, 0.05) is 37.7 Å². The van der Waals surface area contributed by atoms with Crippen LogP contribution in [0.2, 0.25) is 0 Å². The number of nitrogens with zero attached hydrogens (tertiary/aromatic N) is 3. The largest absolute Gasteiger partial charge is 0.376 e. The number of urea groups is 1. The Morgan fingerprint density at radius 3 is 2.38 bits per heavy atom. The number of piperidine rings is 1. The number of imide groups is 1. The van der Waals surface area contributed by atoms with Gasteiger partial charge in [0.15, 0.2) is 5.54 Å². The fourth-order valence-corrected chi connectivity index (χ4v) is 6.54. The summed E-state index contributed by atoms with van der Waals surface area (Å²) in [6.45, 7) is 10.7. The number of hydrogen-bond donors (Lipinski definition) is 1. The van der Waals surface area contributed by atoms with E-state index in [0.29, 0.717) is 38.2 Å². The number of likely N-dealkylation sites (tertiary alicyclic amines) is 1. The monoisotopic (exact) mass is 468 g/mol. The average Bonchev–Trinajstić information content (AvgIpc) is 3.22. The second kappa shape index (κ2) is 8.04. The number of rotatable bonds is 5. The zero-order valence-corrected chi connectivity index (χ0v) is 20.7. The lowest BCUT2D eigenvalue weighted by atomic mass is 9.75. The molecule has 0 spiro atoms. The standard InChI is InChI=1S/C26H36N4O4/c1-24(2)20(25(24,3)4)21(31)29-13-10-17(11-14-29)26(19-9-5-6-12-27-19)22(32)30(23(33)28-26)16-18-8-7-15-34-18/h5-6,9,12,17-18,20H,7-8,10-11,13-16H2,1-4H3,(H,28,33)/t18-,26-/m0/s1. The molecule has 1 aliphatic carbocycles. The van der Waals surface area contributed by atoms with Crippen LogP contribution in [0.5, 0.6) is 0 Å². The minimum absolute atomic E-state index is 0.00564. The van der Waals surface area contributed by atoms with Gasteiger partial charge in [0.2, 0.25) is 5.91 Å². The highest BCUT2D eigenvalue weighted by molar-refractivity contribution is 6.07. The molecule has 4 aliphatic rings. The van der Waals surface area contributed by atoms with E-state index in [0.717, 1.165) is 12.8 Å². The highest BCUT2D eigenvalue weighted by atomic mass is 16.5. The number of hydrogen-bond acceptors (Lipinski definition) is 5. The van der Waals surface area contributed by atoms with Crippen molar-refractivity contribution in [2.45, 2.75) is 65.0 Å². The lowest BCUT2D eigenvalue weighted by molar-refractivity contribution is -0.138. The Morgan fingerprint density at radius 1 is 1.12 bits per heavy atom. The van der Waals surface area contributed by atoms with Crippen LogP contribution in [0.3, 0.4) is 0 Å². The first-order valence-corrected chi connectivity index (χ1v) is 12.6. The number of pyridine rings is 1. The van der Waals surface area contributed by atoms with Gasteiger partial charge in [0.25, 0.3) is 5.91 Å². The smallest absolute Gasteiger partial charge is 0.325 e. The molecule has 8 nitrogen and oxygen atoms in total. The van der Waals surface area contributed by atoms with Crippen LogP contribution < -0.4 is 5.32 Å². The SMILES string of the molecule is CC1(C)C(C(=O)N2CCC([C@@]3(c4ccccn4)NC(=O)N(C[C@@H]4CCCO4)C3=O)CC2)C1(C)C. The zero-order chi connectivity index (χ0) is 24.3. The summed E-state index contributed by atoms with van der Waals surface area (Å²) < 4.78 is 5.70. The molecule has 8 heteroatoms. The first-order chi connectivity index (χ1) is 16.1. The van der Waals surface area contributed by atoms with Gasteiger partial charge >= 0.3 is 6.03 Å². The van der Waals surface area contributed by atoms with Crippen molar-refractivity contribution in [3.05, 3.63) is 30.1 Å². The highest BCUT2D eigenvalue weighted by Crippen LogP contribution is 2.68. The molecule has 184 valence electrons. The van der Waals surface area contributed by atoms with Crippen LogP contribution in [-0.2, 0) is 19.9 Å². The predicted molar refractivity (Wildman–Crippen MR) is 125 cm³/mol. The van der Waals surface area contributed by atoms with Crippen molar-refractivity contribution in [2.24, 2.45) is 22.7 Å². The van der Waals surface area contributed by atoms with Gasteiger partial charge in [-0.1, -0.05) is 33.8 Å². The summed E-state index contributed by atoms with van der Waals surface area (Å²) in [6.07, 6.45) is 4.61. The van der Waals surface area contributed by atoms with Crippen molar-refractivity contribution in [2.75, 3.05) is 26.2 Å². The van der Waals surface area contributed by atoms with Crippen LogP contribution in [-0.4, -0.2) is 65.0 Å². The van der Waals surface area contributed by atoms with E-state index < -0.39 is 5.54 Å². The molecule has 0 bridgehead atoms. The minimum Gasteiger partial charge on any atom is -0.376 e. The molecule has 3 saturated heterocycles. The molecule has 2 atom stereocenters. The average molecular weight is 469 g/mol. The van der Waals surface area contributed by atoms with Crippen LogP contribution in [0.1, 0.15) is 59.1 Å². The Kier molecular flexibility index (Phi) is 5.50. The Hall–Kier alpha value is -2.48. The zero-order valence-electron chi connectivity index (χ0n) is 20.7. The van der Waals surface area contributed by atoms with E-state index in [1.54, 1.807) is 6.20 Å². The number of ether oxygens (including phenoxy) is 1. The van der Waals surface area contributed by atoms with E-state index in [1.165, 1.54) is 4.90 Å². The maximum Gasteiger partial charge on any atom is 0.325 e. The van der Waals surface area contributed by atoms with Crippen LogP contribution in [0, 0.1) is 22.7 Å². The fraction of sp³-hybridized carbons (Fsp3) is 0.692. The molecule has 34 heavy (non-hydrogen) atoms. The number of amides is 4. The van der Waals surface area contributed by atoms with Crippen molar-refractivity contribution in [3.63, 3.8) is 0 Å². The van der Waals surface area contributed by atoms with Gasteiger partial charge in [-0.3, -0.25) is 19.5 Å². The Morgan fingerprint density at radius 2 is 1.82 bits per heavy atom. The van der Waals surface area contributed by atoms with Gasteiger partial charge < -0.3 is 15.0 Å². The summed E-state index contributed by atoms with van der Waals surface area (Å²) in [6, 6.07) is 5.09. The normalized spacial score (nSPS) is 31.1. The second-order valence-electron chi connectivity index (χ2n) is 11.5. The predicted octanol–water partition coefficient (Wildman–Crippen LogP) is 2.93. The Bertz CT molecular complexity index is 966. The van der Waals surface area contributed by atoms with E-state index in [4.69, 9.17) is 4.74 Å². The van der Waals surface area contributed by atoms with Gasteiger partial charge in [0.05, 0.1) is 18.3 Å². The first-order valence-electron chi connectivity index (χ1n) is 12.6. The topological polar surface area (TPSA) is 91.8 Å². The summed E-state index contributed by atoms with van der Waals surface area (Å²) in [7, 11) is 0. The lowest BCUT2D eigenvalue weighted by Gasteiger charge is -2.40. The molecule has 0 unspecified atom stereocenters. The van der Waals surface area contributed by atoms with E-state index in [-0.39, 0.29) is 53.2 Å². The van der Waals surface area contributed by atoms with Crippen LogP contribution in [0.4, 0.5) is 4.79 Å². The molecule has 0 radical (unpaired) electrons. The van der Waals surface area contributed by atoms with Gasteiger partial charge in [-0.25, -0.2) is 4.79 Å². The molecule has 1 N–H and O–H groups in total. The Labute approximate surface area is 201 Å². The summed E-state index contributed by atoms with van der Waals surface area (Å²) in [5.41, 5.74) is -0.648. The van der Waals surface area contributed by atoms with Crippen LogP contribution in [0.25, 0.3) is 0 Å². The Balaban J connectivity index is 1.37. The number of carbonyl (C=O) groups is 3. The molecule has 4 amide bonds. The van der Waals surface area contributed by atoms with Crippen molar-refractivity contribution >= 4 is 17.8 Å². The molecular weight excluding hydrogens is 432 g/mol. The van der Waals surface area contributed by atoms with Crippen molar-refractivity contribution in [1.82, 2.24) is 20.1 Å². The summed E-state index contributed by atoms with van der Waals surface area (Å²) in [5.74, 6) is -0.156. The maximum atomic E-state index is 13.9. The van der Waals surface area contributed by atoms with E-state index >= 15 is 0 Å². The van der Waals surface area contributed by atoms with Gasteiger partial charge in [-0.15, -0.1) is 0 Å². The van der Waals surface area contributed by atoms with Crippen molar-refractivity contribution < 1.29 is 19.1 Å². The molecule has 5 rings (SSSR count). The van der Waals surface area contributed by atoms with Gasteiger partial charge in [-0.2, -0.15) is 0 Å². The summed E-state index contributed by atoms with van der Waals surface area (Å²) in [5, 5.41) is 3.05. The van der Waals surface area contributed by atoms with E-state index in [2.05, 4.69) is 38.0 Å². The second-order valence-corrected chi connectivity index (χ2v) is 11.5. The van der Waals surface area contributed by atoms with E-state index in [1.807, 2.05) is 23.1 Å². The molecule has 1 aromatic rings. The lowest BCUT2D eigenvalue weighted by Crippen LogP contribution is -2.55. The van der Waals surface area contributed by atoms with E-state index in [9.17, 15) is 14.4 Å². The summed E-state index contributed by atoms with van der Waals surface area (Å²) in [4.78, 5) is 48.0. The number of nitrogens with one attached hydrogen (secondary N) is 1. The quantitative estimate of drug-likeness (QED) is 0.671. The molecule has 1 saturated carbocycles. The highest BCUT2D eigenvalue weighted by Gasteiger charge is 2.69. The number of aromatic nitrogens is 1. The fourth-order valence-electron chi connectivity index (χ4n) is 6.54. The number of carbonyl (C=O) groups excluding carboxylic acids is 3. The third-order valence-electron chi connectivity index (χ3n) is 9.30. The van der Waals surface area contributed by atoms with Crippen molar-refractivity contribution in [1.29, 1.82) is 0 Å². The van der Waals surface area contributed by atoms with Crippen LogP contribution in [0.15, 0.2) is 24.4 Å². The third kappa shape index (κ3) is 3.36. The van der Waals surface area contributed by atoms with Gasteiger partial charge in [-0.05, 0) is 48.6 Å². The first kappa shape index (κ1) is 23.3. The molecule has 4 heterocycles. The molecule has 3 aliphatic heterocycles. The maximum absolute atomic E-state index is 13.9.